The van der Waals surface area contributed by atoms with Gasteiger partial charge in [0, 0.05) is 18.0 Å². The summed E-state index contributed by atoms with van der Waals surface area (Å²) in [6.45, 7) is 0.977. The molecular formula is C13H16N2O2S2. The molecule has 2 rings (SSSR count). The minimum absolute atomic E-state index is 0.303. The summed E-state index contributed by atoms with van der Waals surface area (Å²) in [5.74, 6) is 0. The summed E-state index contributed by atoms with van der Waals surface area (Å²) in [6, 6.07) is 10.8. The molecule has 0 spiro atoms. The first-order chi connectivity index (χ1) is 9.12. The first-order valence-electron chi connectivity index (χ1n) is 5.87. The maximum atomic E-state index is 12.2. The number of sulfonamides is 1. The van der Waals surface area contributed by atoms with E-state index >= 15 is 0 Å². The Morgan fingerprint density at radius 3 is 2.68 bits per heavy atom. The van der Waals surface area contributed by atoms with Crippen molar-refractivity contribution in [2.45, 2.75) is 18.0 Å². The maximum absolute atomic E-state index is 12.2. The number of thiophene rings is 1. The minimum atomic E-state index is -3.45. The molecule has 0 saturated carbocycles. The molecule has 0 unspecified atom stereocenters. The van der Waals surface area contributed by atoms with E-state index in [0.29, 0.717) is 18.0 Å². The van der Waals surface area contributed by atoms with Crippen molar-refractivity contribution >= 4 is 21.4 Å². The summed E-state index contributed by atoms with van der Waals surface area (Å²) in [5, 5.41) is 4.93. The summed E-state index contributed by atoms with van der Waals surface area (Å²) in [5.41, 5.74) is 0.946. The van der Waals surface area contributed by atoms with Crippen LogP contribution in [0.2, 0.25) is 0 Å². The second kappa shape index (κ2) is 6.29. The number of hydrogen-bond acceptors (Lipinski definition) is 4. The van der Waals surface area contributed by atoms with Gasteiger partial charge < -0.3 is 5.32 Å². The molecule has 0 fully saturated rings. The average molecular weight is 296 g/mol. The Morgan fingerprint density at radius 1 is 1.16 bits per heavy atom. The van der Waals surface area contributed by atoms with Crippen LogP contribution in [0.25, 0.3) is 0 Å². The van der Waals surface area contributed by atoms with Gasteiger partial charge in [0.25, 0.3) is 0 Å². The fraction of sp³-hybridized carbons (Fsp3) is 0.231. The summed E-state index contributed by atoms with van der Waals surface area (Å²) in [4.78, 5) is 1.30. The van der Waals surface area contributed by atoms with Gasteiger partial charge in [0.2, 0.25) is 10.0 Å². The number of benzene rings is 1. The third-order valence-electron chi connectivity index (χ3n) is 2.61. The van der Waals surface area contributed by atoms with Crippen LogP contribution < -0.4 is 10.0 Å². The van der Waals surface area contributed by atoms with Crippen LogP contribution in [0.1, 0.15) is 10.4 Å². The molecule has 1 aromatic carbocycles. The van der Waals surface area contributed by atoms with Gasteiger partial charge in [-0.05, 0) is 36.2 Å². The van der Waals surface area contributed by atoms with Gasteiger partial charge in [0.05, 0.1) is 4.90 Å². The van der Waals surface area contributed by atoms with Gasteiger partial charge in [0.15, 0.2) is 0 Å². The number of nitrogens with one attached hydrogen (secondary N) is 2. The predicted octanol–water partition coefficient (Wildman–Crippen LogP) is 1.95. The van der Waals surface area contributed by atoms with Crippen molar-refractivity contribution < 1.29 is 8.42 Å². The Hall–Kier alpha value is -1.21. The third-order valence-corrected chi connectivity index (χ3v) is 4.88. The van der Waals surface area contributed by atoms with E-state index in [2.05, 4.69) is 10.0 Å². The van der Waals surface area contributed by atoms with Crippen molar-refractivity contribution in [2.75, 3.05) is 7.05 Å². The van der Waals surface area contributed by atoms with E-state index < -0.39 is 10.0 Å². The van der Waals surface area contributed by atoms with Gasteiger partial charge >= 0.3 is 0 Å². The zero-order valence-electron chi connectivity index (χ0n) is 10.6. The molecule has 0 atom stereocenters. The Bertz CT molecular complexity index is 622. The fourth-order valence-corrected chi connectivity index (χ4v) is 3.50. The van der Waals surface area contributed by atoms with Crippen LogP contribution in [0, 0.1) is 0 Å². The minimum Gasteiger partial charge on any atom is -0.316 e. The first kappa shape index (κ1) is 14.2. The maximum Gasteiger partial charge on any atom is 0.240 e. The molecule has 1 aromatic heterocycles. The Balaban J connectivity index is 2.12. The van der Waals surface area contributed by atoms with Crippen LogP contribution in [0.15, 0.2) is 46.7 Å². The molecule has 19 heavy (non-hydrogen) atoms. The molecule has 0 aliphatic heterocycles. The van der Waals surface area contributed by atoms with Gasteiger partial charge in [0.1, 0.15) is 0 Å². The van der Waals surface area contributed by atoms with Crippen molar-refractivity contribution in [3.8, 4) is 0 Å². The van der Waals surface area contributed by atoms with Crippen LogP contribution in [0.3, 0.4) is 0 Å². The first-order valence-corrected chi connectivity index (χ1v) is 8.24. The molecule has 0 radical (unpaired) electrons. The third kappa shape index (κ3) is 3.87. The number of hydrogen-bond donors (Lipinski definition) is 2. The highest BCUT2D eigenvalue weighted by Gasteiger charge is 2.14. The fourth-order valence-electron chi connectivity index (χ4n) is 1.69. The predicted molar refractivity (Wildman–Crippen MR) is 77.6 cm³/mol. The average Bonchev–Trinajstić information content (AvgIpc) is 2.90. The summed E-state index contributed by atoms with van der Waals surface area (Å²) in [7, 11) is -1.62. The van der Waals surface area contributed by atoms with Crippen LogP contribution in [-0.4, -0.2) is 15.5 Å². The lowest BCUT2D eigenvalue weighted by molar-refractivity contribution is 0.581. The number of rotatable bonds is 6. The normalized spacial score (nSPS) is 11.6. The highest BCUT2D eigenvalue weighted by Crippen LogP contribution is 2.13. The van der Waals surface area contributed by atoms with Gasteiger partial charge in [-0.3, -0.25) is 0 Å². The van der Waals surface area contributed by atoms with E-state index in [9.17, 15) is 8.42 Å². The zero-order chi connectivity index (χ0) is 13.7. The SMILES string of the molecule is CNCc1cccc(S(=O)(=O)NCc2cccs2)c1. The van der Waals surface area contributed by atoms with Crippen molar-refractivity contribution in [1.82, 2.24) is 10.0 Å². The summed E-state index contributed by atoms with van der Waals surface area (Å²) in [6.07, 6.45) is 0. The van der Waals surface area contributed by atoms with Crippen LogP contribution in [0.4, 0.5) is 0 Å². The Labute approximate surface area is 117 Å². The van der Waals surface area contributed by atoms with Crippen LogP contribution in [0.5, 0.6) is 0 Å². The van der Waals surface area contributed by atoms with E-state index in [-0.39, 0.29) is 0 Å². The molecule has 2 aromatic rings. The highest BCUT2D eigenvalue weighted by molar-refractivity contribution is 7.89. The topological polar surface area (TPSA) is 58.2 Å². The van der Waals surface area contributed by atoms with Gasteiger partial charge in [-0.25, -0.2) is 13.1 Å². The van der Waals surface area contributed by atoms with Crippen LogP contribution in [-0.2, 0) is 23.1 Å². The molecule has 4 nitrogen and oxygen atoms in total. The molecule has 0 bridgehead atoms. The molecule has 102 valence electrons. The quantitative estimate of drug-likeness (QED) is 0.856. The van der Waals surface area contributed by atoms with Crippen molar-refractivity contribution in [1.29, 1.82) is 0 Å². The van der Waals surface area contributed by atoms with Crippen molar-refractivity contribution in [3.63, 3.8) is 0 Å². The second-order valence-corrected chi connectivity index (χ2v) is 6.88. The summed E-state index contributed by atoms with van der Waals surface area (Å²) < 4.78 is 26.9. The zero-order valence-corrected chi connectivity index (χ0v) is 12.2. The van der Waals surface area contributed by atoms with E-state index in [4.69, 9.17) is 0 Å². The molecule has 0 amide bonds. The van der Waals surface area contributed by atoms with E-state index in [0.717, 1.165) is 10.4 Å². The molecular weight excluding hydrogens is 280 g/mol. The standard InChI is InChI=1S/C13H16N2O2S2/c1-14-9-11-4-2-6-13(8-11)19(16,17)15-10-12-5-3-7-18-12/h2-8,14-15H,9-10H2,1H3. The molecule has 0 aliphatic rings. The molecule has 6 heteroatoms. The Morgan fingerprint density at radius 2 is 2.00 bits per heavy atom. The van der Waals surface area contributed by atoms with Crippen molar-refractivity contribution in [3.05, 3.63) is 52.2 Å². The van der Waals surface area contributed by atoms with Gasteiger partial charge in [-0.15, -0.1) is 11.3 Å². The highest BCUT2D eigenvalue weighted by atomic mass is 32.2. The molecule has 1 heterocycles. The second-order valence-electron chi connectivity index (χ2n) is 4.08. The smallest absolute Gasteiger partial charge is 0.240 e. The molecule has 0 aliphatic carbocycles. The van der Waals surface area contributed by atoms with Crippen LogP contribution >= 0.6 is 11.3 Å². The lowest BCUT2D eigenvalue weighted by Gasteiger charge is -2.07. The van der Waals surface area contributed by atoms with E-state index in [1.54, 1.807) is 18.2 Å². The Kier molecular flexibility index (Phi) is 4.71. The monoisotopic (exact) mass is 296 g/mol. The molecule has 0 saturated heterocycles. The van der Waals surface area contributed by atoms with E-state index in [1.165, 1.54) is 11.3 Å². The summed E-state index contributed by atoms with van der Waals surface area (Å²) >= 11 is 1.53. The largest absolute Gasteiger partial charge is 0.316 e. The van der Waals surface area contributed by atoms with Crippen molar-refractivity contribution in [2.24, 2.45) is 0 Å². The lowest BCUT2D eigenvalue weighted by atomic mass is 10.2. The van der Waals surface area contributed by atoms with Gasteiger partial charge in [-0.2, -0.15) is 0 Å². The lowest BCUT2D eigenvalue weighted by Crippen LogP contribution is -2.23. The van der Waals surface area contributed by atoms with E-state index in [1.807, 2.05) is 30.6 Å². The molecule has 2 N–H and O–H groups in total. The van der Waals surface area contributed by atoms with Gasteiger partial charge in [-0.1, -0.05) is 18.2 Å².